The molecule has 0 saturated carbocycles. The van der Waals surface area contributed by atoms with Crippen molar-refractivity contribution < 1.29 is 14.6 Å². The molecule has 0 aliphatic carbocycles. The van der Waals surface area contributed by atoms with E-state index in [1.54, 1.807) is 38.4 Å². The highest BCUT2D eigenvalue weighted by atomic mass is 16.7. The maximum absolute atomic E-state index is 11.3. The molecule has 0 bridgehead atoms. The summed E-state index contributed by atoms with van der Waals surface area (Å²) in [4.78, 5) is 15.2. The fourth-order valence-electron chi connectivity index (χ4n) is 1.70. The topological polar surface area (TPSA) is 59.4 Å². The molecule has 4 heteroatoms. The maximum Gasteiger partial charge on any atom is 0.336 e. The third kappa shape index (κ3) is 1.72. The highest BCUT2D eigenvalue weighted by Gasteiger charge is 2.42. The second-order valence-corrected chi connectivity index (χ2v) is 3.96. The van der Waals surface area contributed by atoms with E-state index >= 15 is 0 Å². The first kappa shape index (κ1) is 10.8. The van der Waals surface area contributed by atoms with Crippen LogP contribution in [0.15, 0.2) is 35.7 Å². The lowest BCUT2D eigenvalue weighted by molar-refractivity contribution is -0.180. The van der Waals surface area contributed by atoms with Crippen LogP contribution in [0.2, 0.25) is 0 Å². The quantitative estimate of drug-likeness (QED) is 0.759. The fraction of sp³-hybridized carbons (Fsp3) is 0.333. The van der Waals surface area contributed by atoms with Crippen molar-refractivity contribution in [1.82, 2.24) is 4.98 Å². The summed E-state index contributed by atoms with van der Waals surface area (Å²) in [6, 6.07) is 3.57. The molecule has 84 valence electrons. The minimum Gasteiger partial charge on any atom is -0.425 e. The largest absolute Gasteiger partial charge is 0.425 e. The van der Waals surface area contributed by atoms with Crippen LogP contribution >= 0.6 is 0 Å². The highest BCUT2D eigenvalue weighted by Crippen LogP contribution is 2.32. The van der Waals surface area contributed by atoms with Gasteiger partial charge in [-0.15, -0.1) is 0 Å². The van der Waals surface area contributed by atoms with Gasteiger partial charge in [0.2, 0.25) is 5.79 Å². The Morgan fingerprint density at radius 3 is 2.50 bits per heavy atom. The lowest BCUT2D eigenvalue weighted by Gasteiger charge is -2.23. The number of ether oxygens (including phenoxy) is 1. The standard InChI is InChI=1S/C12H13NO3/c1-8-9(2)12(15,16-11(8)14)7-10-3-5-13-6-4-10/h3-6,15H,7H2,1-2H3. The summed E-state index contributed by atoms with van der Waals surface area (Å²) >= 11 is 0. The predicted molar refractivity (Wildman–Crippen MR) is 57.4 cm³/mol. The Morgan fingerprint density at radius 2 is 2.00 bits per heavy atom. The Kier molecular flexibility index (Phi) is 2.52. The van der Waals surface area contributed by atoms with Crippen molar-refractivity contribution in [2.45, 2.75) is 26.1 Å². The summed E-state index contributed by atoms with van der Waals surface area (Å²) in [5, 5.41) is 10.2. The second kappa shape index (κ2) is 3.72. The smallest absolute Gasteiger partial charge is 0.336 e. The summed E-state index contributed by atoms with van der Waals surface area (Å²) in [6.45, 7) is 3.36. The van der Waals surface area contributed by atoms with Gasteiger partial charge in [-0.3, -0.25) is 4.98 Å². The third-order valence-electron chi connectivity index (χ3n) is 2.91. The molecule has 0 aromatic carbocycles. The lowest BCUT2D eigenvalue weighted by Crippen LogP contribution is -2.33. The van der Waals surface area contributed by atoms with Gasteiger partial charge in [0.05, 0.1) is 0 Å². The minimum absolute atomic E-state index is 0.254. The van der Waals surface area contributed by atoms with Gasteiger partial charge in [0.1, 0.15) is 0 Å². The summed E-state index contributed by atoms with van der Waals surface area (Å²) in [7, 11) is 0. The number of cyclic esters (lactones) is 1. The van der Waals surface area contributed by atoms with E-state index in [9.17, 15) is 9.90 Å². The summed E-state index contributed by atoms with van der Waals surface area (Å²) in [5.41, 5.74) is 1.94. The minimum atomic E-state index is -1.50. The molecule has 1 unspecified atom stereocenters. The van der Waals surface area contributed by atoms with Gasteiger partial charge in [0, 0.05) is 30.0 Å². The van der Waals surface area contributed by atoms with E-state index in [0.29, 0.717) is 11.1 Å². The molecule has 0 saturated heterocycles. The zero-order chi connectivity index (χ0) is 11.8. The first-order valence-electron chi connectivity index (χ1n) is 5.05. The number of pyridine rings is 1. The van der Waals surface area contributed by atoms with E-state index in [-0.39, 0.29) is 6.42 Å². The number of hydrogen-bond acceptors (Lipinski definition) is 4. The van der Waals surface area contributed by atoms with Crippen LogP contribution in [0.4, 0.5) is 0 Å². The molecule has 1 aromatic rings. The van der Waals surface area contributed by atoms with Gasteiger partial charge >= 0.3 is 5.97 Å². The van der Waals surface area contributed by atoms with Crippen LogP contribution in [0.25, 0.3) is 0 Å². The van der Waals surface area contributed by atoms with Crippen molar-refractivity contribution in [3.63, 3.8) is 0 Å². The van der Waals surface area contributed by atoms with Crippen molar-refractivity contribution in [2.75, 3.05) is 0 Å². The normalized spacial score (nSPS) is 24.8. The maximum atomic E-state index is 11.3. The molecule has 0 spiro atoms. The summed E-state index contributed by atoms with van der Waals surface area (Å²) in [5.74, 6) is -1.95. The molecule has 0 fully saturated rings. The SMILES string of the molecule is CC1=C(C)C(O)(Cc2ccncc2)OC1=O. The van der Waals surface area contributed by atoms with E-state index in [1.165, 1.54) is 0 Å². The fourth-order valence-corrected chi connectivity index (χ4v) is 1.70. The molecular formula is C12H13NO3. The molecule has 2 rings (SSSR count). The zero-order valence-electron chi connectivity index (χ0n) is 9.23. The molecule has 1 atom stereocenters. The number of hydrogen-bond donors (Lipinski definition) is 1. The Labute approximate surface area is 93.6 Å². The molecular weight excluding hydrogens is 206 g/mol. The molecule has 4 nitrogen and oxygen atoms in total. The molecule has 0 radical (unpaired) electrons. The highest BCUT2D eigenvalue weighted by molar-refractivity contribution is 5.92. The van der Waals surface area contributed by atoms with Gasteiger partial charge in [-0.2, -0.15) is 0 Å². The van der Waals surface area contributed by atoms with Crippen molar-refractivity contribution in [1.29, 1.82) is 0 Å². The summed E-state index contributed by atoms with van der Waals surface area (Å²) < 4.78 is 5.00. The third-order valence-corrected chi connectivity index (χ3v) is 2.91. The van der Waals surface area contributed by atoms with E-state index in [4.69, 9.17) is 4.74 Å². The first-order valence-corrected chi connectivity index (χ1v) is 5.05. The molecule has 0 amide bonds. The van der Waals surface area contributed by atoms with Crippen LogP contribution < -0.4 is 0 Å². The Balaban J connectivity index is 2.26. The van der Waals surface area contributed by atoms with Crippen LogP contribution in [0, 0.1) is 0 Å². The molecule has 1 aromatic heterocycles. The van der Waals surface area contributed by atoms with Crippen molar-refractivity contribution in [3.8, 4) is 0 Å². The lowest BCUT2D eigenvalue weighted by atomic mass is 9.98. The molecule has 1 aliphatic heterocycles. The number of nitrogens with zero attached hydrogens (tertiary/aromatic N) is 1. The Hall–Kier alpha value is -1.68. The number of esters is 1. The molecule has 1 aliphatic rings. The second-order valence-electron chi connectivity index (χ2n) is 3.96. The molecule has 16 heavy (non-hydrogen) atoms. The number of rotatable bonds is 2. The van der Waals surface area contributed by atoms with Gasteiger partial charge in [-0.25, -0.2) is 4.79 Å². The van der Waals surface area contributed by atoms with Crippen molar-refractivity contribution >= 4 is 5.97 Å². The Bertz CT molecular complexity index is 453. The number of carbonyl (C=O) groups is 1. The zero-order valence-corrected chi connectivity index (χ0v) is 9.23. The van der Waals surface area contributed by atoms with Crippen LogP contribution in [-0.4, -0.2) is 21.8 Å². The van der Waals surface area contributed by atoms with Crippen LogP contribution in [0.5, 0.6) is 0 Å². The van der Waals surface area contributed by atoms with Crippen molar-refractivity contribution in [2.24, 2.45) is 0 Å². The number of aliphatic hydroxyl groups is 1. The van der Waals surface area contributed by atoms with Crippen LogP contribution in [0.1, 0.15) is 19.4 Å². The monoisotopic (exact) mass is 219 g/mol. The van der Waals surface area contributed by atoms with E-state index in [2.05, 4.69) is 4.98 Å². The first-order chi connectivity index (χ1) is 7.53. The predicted octanol–water partition coefficient (Wildman–Crippen LogP) is 1.21. The van der Waals surface area contributed by atoms with Gasteiger partial charge in [-0.1, -0.05) is 0 Å². The van der Waals surface area contributed by atoms with E-state index in [0.717, 1.165) is 5.56 Å². The van der Waals surface area contributed by atoms with Gasteiger partial charge in [-0.05, 0) is 31.5 Å². The van der Waals surface area contributed by atoms with Crippen LogP contribution in [-0.2, 0) is 16.0 Å². The number of aromatic nitrogens is 1. The van der Waals surface area contributed by atoms with Gasteiger partial charge in [0.25, 0.3) is 0 Å². The van der Waals surface area contributed by atoms with E-state index < -0.39 is 11.8 Å². The molecule has 2 heterocycles. The van der Waals surface area contributed by atoms with Gasteiger partial charge in [0.15, 0.2) is 0 Å². The summed E-state index contributed by atoms with van der Waals surface area (Å²) in [6.07, 6.45) is 3.53. The Morgan fingerprint density at radius 1 is 1.38 bits per heavy atom. The van der Waals surface area contributed by atoms with E-state index in [1.807, 2.05) is 0 Å². The number of carbonyl (C=O) groups excluding carboxylic acids is 1. The molecule has 1 N–H and O–H groups in total. The average molecular weight is 219 g/mol. The van der Waals surface area contributed by atoms with Crippen LogP contribution in [0.3, 0.4) is 0 Å². The van der Waals surface area contributed by atoms with Crippen molar-refractivity contribution in [3.05, 3.63) is 41.2 Å². The average Bonchev–Trinajstić information content (AvgIpc) is 2.44. The van der Waals surface area contributed by atoms with Gasteiger partial charge < -0.3 is 9.84 Å².